The van der Waals surface area contributed by atoms with Gasteiger partial charge in [0.2, 0.25) is 0 Å². The molecule has 114 valence electrons. The second-order valence-electron chi connectivity index (χ2n) is 5.32. The highest BCUT2D eigenvalue weighted by atomic mass is 19.3. The summed E-state index contributed by atoms with van der Waals surface area (Å²) >= 11 is 0. The van der Waals surface area contributed by atoms with Crippen LogP contribution < -0.4 is 11.1 Å². The molecule has 0 bridgehead atoms. The van der Waals surface area contributed by atoms with Crippen LogP contribution in [0.2, 0.25) is 0 Å². The van der Waals surface area contributed by atoms with Crippen molar-refractivity contribution in [1.29, 1.82) is 0 Å². The Bertz CT molecular complexity index is 677. The number of nitrogens with two attached hydrogens (primary N) is 1. The average Bonchev–Trinajstić information content (AvgIpc) is 2.74. The predicted octanol–water partition coefficient (Wildman–Crippen LogP) is 1.55. The van der Waals surface area contributed by atoms with Gasteiger partial charge in [-0.25, -0.2) is 13.8 Å². The molecule has 0 aliphatic rings. The van der Waals surface area contributed by atoms with Crippen LogP contribution in [0.1, 0.15) is 36.6 Å². The van der Waals surface area contributed by atoms with Crippen molar-refractivity contribution in [3.8, 4) is 0 Å². The lowest BCUT2D eigenvalue weighted by Crippen LogP contribution is -2.29. The molecule has 8 heteroatoms. The number of anilines is 1. The topological polar surface area (TPSA) is 92.6 Å². The molecule has 4 N–H and O–H groups in total. The number of alkyl halides is 2. The molecule has 0 saturated carbocycles. The number of nitrogens with zero attached hydrogens (tertiary/aromatic N) is 2. The second kappa shape index (κ2) is 5.28. The van der Waals surface area contributed by atoms with Gasteiger partial charge in [-0.3, -0.25) is 9.20 Å². The van der Waals surface area contributed by atoms with Gasteiger partial charge in [0, 0.05) is 12.7 Å². The van der Waals surface area contributed by atoms with E-state index in [1.165, 1.54) is 12.3 Å². The summed E-state index contributed by atoms with van der Waals surface area (Å²) in [7, 11) is 0. The van der Waals surface area contributed by atoms with Crippen molar-refractivity contribution in [2.75, 3.05) is 11.9 Å². The number of nitrogens with one attached hydrogen (secondary N) is 1. The van der Waals surface area contributed by atoms with Crippen molar-refractivity contribution < 1.29 is 18.7 Å². The summed E-state index contributed by atoms with van der Waals surface area (Å²) < 4.78 is 27.1. The number of pyridine rings is 1. The lowest BCUT2D eigenvalue weighted by Gasteiger charge is -2.18. The number of aromatic nitrogens is 2. The Labute approximate surface area is 119 Å². The molecule has 0 fully saturated rings. The van der Waals surface area contributed by atoms with E-state index in [0.29, 0.717) is 5.69 Å². The van der Waals surface area contributed by atoms with E-state index >= 15 is 0 Å². The number of hydrogen-bond acceptors (Lipinski definition) is 4. The van der Waals surface area contributed by atoms with E-state index in [0.717, 1.165) is 4.40 Å². The van der Waals surface area contributed by atoms with E-state index in [1.807, 2.05) is 0 Å². The van der Waals surface area contributed by atoms with Crippen LogP contribution in [-0.2, 0) is 0 Å². The Morgan fingerprint density at radius 3 is 2.71 bits per heavy atom. The zero-order valence-electron chi connectivity index (χ0n) is 11.6. The fourth-order valence-corrected chi connectivity index (χ4v) is 1.87. The Kier molecular flexibility index (Phi) is 3.82. The molecular weight excluding hydrogens is 282 g/mol. The molecular formula is C13H16F2N4O2. The lowest BCUT2D eigenvalue weighted by atomic mass is 10.1. The minimum atomic E-state index is -2.84. The molecule has 2 aromatic heterocycles. The monoisotopic (exact) mass is 298 g/mol. The molecule has 0 saturated heterocycles. The van der Waals surface area contributed by atoms with Crippen LogP contribution >= 0.6 is 0 Å². The zero-order valence-corrected chi connectivity index (χ0v) is 11.6. The molecule has 0 radical (unpaired) electrons. The fourth-order valence-electron chi connectivity index (χ4n) is 1.87. The van der Waals surface area contributed by atoms with Crippen LogP contribution in [0.4, 0.5) is 14.5 Å². The van der Waals surface area contributed by atoms with Crippen molar-refractivity contribution in [2.24, 2.45) is 5.73 Å². The summed E-state index contributed by atoms with van der Waals surface area (Å²) in [6, 6.07) is 3.08. The first kappa shape index (κ1) is 15.2. The minimum Gasteiger partial charge on any atom is -0.389 e. The first-order valence-electron chi connectivity index (χ1n) is 6.25. The molecule has 0 aliphatic heterocycles. The summed E-state index contributed by atoms with van der Waals surface area (Å²) in [6.07, 6.45) is -1.45. The maximum Gasteiger partial charge on any atom is 0.295 e. The standard InChI is InChI=1S/C13H16F2N4O2/c1-13(2,21)6-17-7-3-4-8-9(11(16)20)18-12(10(14)15)19(8)5-7/h3-5,10,17,21H,6H2,1-2H3,(H2,16,20). The largest absolute Gasteiger partial charge is 0.389 e. The average molecular weight is 298 g/mol. The SMILES string of the molecule is CC(C)(O)CNc1ccc2c(C(N)=O)nc(C(F)F)n2c1. The van der Waals surface area contributed by atoms with E-state index in [2.05, 4.69) is 10.3 Å². The normalized spacial score (nSPS) is 12.1. The molecule has 2 aromatic rings. The van der Waals surface area contributed by atoms with Gasteiger partial charge in [-0.15, -0.1) is 0 Å². The predicted molar refractivity (Wildman–Crippen MR) is 73.5 cm³/mol. The molecule has 0 aromatic carbocycles. The number of rotatable bonds is 5. The van der Waals surface area contributed by atoms with E-state index < -0.39 is 23.8 Å². The summed E-state index contributed by atoms with van der Waals surface area (Å²) in [6.45, 7) is 3.47. The third-order valence-corrected chi connectivity index (χ3v) is 2.82. The highest BCUT2D eigenvalue weighted by Crippen LogP contribution is 2.24. The second-order valence-corrected chi connectivity index (χ2v) is 5.32. The van der Waals surface area contributed by atoms with Crippen LogP contribution in [-0.4, -0.2) is 32.5 Å². The van der Waals surface area contributed by atoms with Gasteiger partial charge in [-0.05, 0) is 26.0 Å². The number of carbonyl (C=O) groups is 1. The van der Waals surface area contributed by atoms with E-state index in [4.69, 9.17) is 5.73 Å². The third-order valence-electron chi connectivity index (χ3n) is 2.82. The Morgan fingerprint density at radius 1 is 1.52 bits per heavy atom. The van der Waals surface area contributed by atoms with Crippen molar-refractivity contribution >= 4 is 17.1 Å². The van der Waals surface area contributed by atoms with Crippen molar-refractivity contribution in [3.63, 3.8) is 0 Å². The molecule has 0 aliphatic carbocycles. The molecule has 1 amide bonds. The van der Waals surface area contributed by atoms with Crippen LogP contribution in [0.25, 0.3) is 5.52 Å². The number of carbonyl (C=O) groups excluding carboxylic acids is 1. The summed E-state index contributed by atoms with van der Waals surface area (Å²) in [4.78, 5) is 14.8. The van der Waals surface area contributed by atoms with Gasteiger partial charge in [0.1, 0.15) is 0 Å². The minimum absolute atomic E-state index is 0.195. The third kappa shape index (κ3) is 3.27. The van der Waals surface area contributed by atoms with Gasteiger partial charge in [-0.2, -0.15) is 0 Å². The van der Waals surface area contributed by atoms with Crippen molar-refractivity contribution in [3.05, 3.63) is 29.8 Å². The van der Waals surface area contributed by atoms with E-state index in [-0.39, 0.29) is 17.8 Å². The zero-order chi connectivity index (χ0) is 15.8. The highest BCUT2D eigenvalue weighted by molar-refractivity contribution is 5.98. The van der Waals surface area contributed by atoms with Crippen LogP contribution in [0.5, 0.6) is 0 Å². The molecule has 6 nitrogen and oxygen atoms in total. The van der Waals surface area contributed by atoms with Crippen molar-refractivity contribution in [2.45, 2.75) is 25.9 Å². The lowest BCUT2D eigenvalue weighted by molar-refractivity contribution is 0.0944. The number of fused-ring (bicyclic) bond motifs is 1. The molecule has 0 spiro atoms. The van der Waals surface area contributed by atoms with E-state index in [9.17, 15) is 18.7 Å². The Balaban J connectivity index is 2.46. The van der Waals surface area contributed by atoms with E-state index in [1.54, 1.807) is 19.9 Å². The summed E-state index contributed by atoms with van der Waals surface area (Å²) in [5, 5.41) is 12.6. The van der Waals surface area contributed by atoms with Crippen molar-refractivity contribution in [1.82, 2.24) is 9.38 Å². The number of amides is 1. The van der Waals surface area contributed by atoms with Gasteiger partial charge < -0.3 is 16.2 Å². The first-order chi connectivity index (χ1) is 9.69. The van der Waals surface area contributed by atoms with Gasteiger partial charge in [0.15, 0.2) is 11.5 Å². The summed E-state index contributed by atoms with van der Waals surface area (Å²) in [5.41, 5.74) is 4.72. The van der Waals surface area contributed by atoms with Gasteiger partial charge in [0.05, 0.1) is 16.8 Å². The molecule has 0 unspecified atom stereocenters. The van der Waals surface area contributed by atoms with Gasteiger partial charge in [-0.1, -0.05) is 0 Å². The number of aliphatic hydroxyl groups is 1. The van der Waals surface area contributed by atoms with Crippen LogP contribution in [0, 0.1) is 0 Å². The number of primary amides is 1. The maximum absolute atomic E-state index is 13.0. The Morgan fingerprint density at radius 2 is 2.19 bits per heavy atom. The molecule has 0 atom stereocenters. The van der Waals surface area contributed by atoms with Crippen LogP contribution in [0.3, 0.4) is 0 Å². The smallest absolute Gasteiger partial charge is 0.295 e. The Hall–Kier alpha value is -2.22. The van der Waals surface area contributed by atoms with Crippen LogP contribution in [0.15, 0.2) is 18.3 Å². The number of hydrogen-bond donors (Lipinski definition) is 3. The fraction of sp³-hybridized carbons (Fsp3) is 0.385. The molecule has 2 rings (SSSR count). The molecule has 2 heterocycles. The number of imidazole rings is 1. The summed E-state index contributed by atoms with van der Waals surface area (Å²) in [5.74, 6) is -1.41. The van der Waals surface area contributed by atoms with Gasteiger partial charge >= 0.3 is 0 Å². The highest BCUT2D eigenvalue weighted by Gasteiger charge is 2.21. The maximum atomic E-state index is 13.0. The van der Waals surface area contributed by atoms with Gasteiger partial charge in [0.25, 0.3) is 12.3 Å². The number of halogens is 2. The molecule has 21 heavy (non-hydrogen) atoms. The first-order valence-corrected chi connectivity index (χ1v) is 6.25. The quantitative estimate of drug-likeness (QED) is 0.781.